The van der Waals surface area contributed by atoms with Crippen molar-refractivity contribution in [3.63, 3.8) is 0 Å². The minimum atomic E-state index is -0.978. The number of alkyl halides is 1. The van der Waals surface area contributed by atoms with Crippen molar-refractivity contribution >= 4 is 23.6 Å². The van der Waals surface area contributed by atoms with E-state index >= 15 is 0 Å². The van der Waals surface area contributed by atoms with Gasteiger partial charge in [0.25, 0.3) is 11.8 Å². The van der Waals surface area contributed by atoms with Crippen LogP contribution in [0.15, 0.2) is 18.2 Å². The zero-order valence-electron chi connectivity index (χ0n) is 15.2. The highest BCUT2D eigenvalue weighted by Gasteiger charge is 2.44. The number of benzene rings is 1. The SMILES string of the molecule is O=C1CCC(N2C(=O)c3ccc(CNC4CCNCC4F)cc3C2=O)C(=O)N1. The summed E-state index contributed by atoms with van der Waals surface area (Å²) in [7, 11) is 0. The third kappa shape index (κ3) is 3.31. The predicted molar refractivity (Wildman–Crippen MR) is 96.1 cm³/mol. The second kappa shape index (κ2) is 7.40. The summed E-state index contributed by atoms with van der Waals surface area (Å²) >= 11 is 0. The lowest BCUT2D eigenvalue weighted by Crippen LogP contribution is -2.54. The van der Waals surface area contributed by atoms with E-state index in [1.165, 1.54) is 0 Å². The van der Waals surface area contributed by atoms with Gasteiger partial charge in [-0.1, -0.05) is 6.07 Å². The van der Waals surface area contributed by atoms with Crippen molar-refractivity contribution in [2.45, 2.75) is 44.1 Å². The minimum Gasteiger partial charge on any atom is -0.314 e. The number of nitrogens with zero attached hydrogens (tertiary/aromatic N) is 1. The number of halogens is 1. The van der Waals surface area contributed by atoms with Gasteiger partial charge in [-0.25, -0.2) is 4.39 Å². The number of fused-ring (bicyclic) bond motifs is 1. The van der Waals surface area contributed by atoms with Crippen LogP contribution in [-0.4, -0.2) is 59.9 Å². The van der Waals surface area contributed by atoms with Crippen molar-refractivity contribution in [1.82, 2.24) is 20.9 Å². The molecule has 8 nitrogen and oxygen atoms in total. The average molecular weight is 388 g/mol. The number of nitrogens with one attached hydrogen (secondary N) is 3. The molecular formula is C19H21FN4O4. The molecule has 148 valence electrons. The van der Waals surface area contributed by atoms with E-state index in [0.717, 1.165) is 17.0 Å². The molecule has 3 atom stereocenters. The Balaban J connectivity index is 1.49. The van der Waals surface area contributed by atoms with Gasteiger partial charge in [-0.2, -0.15) is 0 Å². The highest BCUT2D eigenvalue weighted by Crippen LogP contribution is 2.28. The number of carbonyl (C=O) groups excluding carboxylic acids is 4. The first-order valence-electron chi connectivity index (χ1n) is 9.38. The number of hydrogen-bond donors (Lipinski definition) is 3. The van der Waals surface area contributed by atoms with Crippen LogP contribution in [0.4, 0.5) is 4.39 Å². The largest absolute Gasteiger partial charge is 0.314 e. The number of hydrogen-bond acceptors (Lipinski definition) is 6. The van der Waals surface area contributed by atoms with Crippen LogP contribution in [-0.2, 0) is 16.1 Å². The molecule has 0 radical (unpaired) electrons. The van der Waals surface area contributed by atoms with Gasteiger partial charge in [0.05, 0.1) is 11.1 Å². The minimum absolute atomic E-state index is 0.0830. The Morgan fingerprint density at radius 2 is 1.89 bits per heavy atom. The molecule has 2 fully saturated rings. The number of amides is 4. The zero-order chi connectivity index (χ0) is 19.8. The Morgan fingerprint density at radius 3 is 2.64 bits per heavy atom. The Hall–Kier alpha value is -2.65. The lowest BCUT2D eigenvalue weighted by Gasteiger charge is -2.27. The van der Waals surface area contributed by atoms with Crippen molar-refractivity contribution in [1.29, 1.82) is 0 Å². The van der Waals surface area contributed by atoms with Gasteiger partial charge in [-0.05, 0) is 37.1 Å². The molecule has 3 aliphatic heterocycles. The third-order valence-corrected chi connectivity index (χ3v) is 5.48. The number of piperidine rings is 2. The number of carbonyl (C=O) groups is 4. The molecule has 9 heteroatoms. The number of imide groups is 2. The summed E-state index contributed by atoms with van der Waals surface area (Å²) in [6.45, 7) is 1.43. The van der Waals surface area contributed by atoms with Crippen LogP contribution < -0.4 is 16.0 Å². The highest BCUT2D eigenvalue weighted by atomic mass is 19.1. The van der Waals surface area contributed by atoms with Crippen LogP contribution >= 0.6 is 0 Å². The summed E-state index contributed by atoms with van der Waals surface area (Å²) in [5.74, 6) is -2.11. The molecule has 0 spiro atoms. The van der Waals surface area contributed by atoms with E-state index in [1.54, 1.807) is 18.2 Å². The molecule has 0 aromatic heterocycles. The Morgan fingerprint density at radius 1 is 1.11 bits per heavy atom. The molecule has 0 bridgehead atoms. The summed E-state index contributed by atoms with van der Waals surface area (Å²) in [6, 6.07) is 3.66. The third-order valence-electron chi connectivity index (χ3n) is 5.48. The van der Waals surface area contributed by atoms with E-state index in [4.69, 9.17) is 0 Å². The van der Waals surface area contributed by atoms with Crippen LogP contribution in [0.3, 0.4) is 0 Å². The van der Waals surface area contributed by atoms with Crippen molar-refractivity contribution in [2.24, 2.45) is 0 Å². The summed E-state index contributed by atoms with van der Waals surface area (Å²) in [4.78, 5) is 49.8. The average Bonchev–Trinajstić information content (AvgIpc) is 2.92. The molecule has 4 amide bonds. The van der Waals surface area contributed by atoms with Crippen LogP contribution in [0.2, 0.25) is 0 Å². The van der Waals surface area contributed by atoms with Crippen LogP contribution in [0.1, 0.15) is 45.5 Å². The van der Waals surface area contributed by atoms with E-state index in [0.29, 0.717) is 19.5 Å². The van der Waals surface area contributed by atoms with Gasteiger partial charge in [-0.3, -0.25) is 29.4 Å². The fraction of sp³-hybridized carbons (Fsp3) is 0.474. The lowest BCUT2D eigenvalue weighted by molar-refractivity contribution is -0.136. The molecule has 1 aromatic rings. The van der Waals surface area contributed by atoms with Crippen molar-refractivity contribution in [2.75, 3.05) is 13.1 Å². The van der Waals surface area contributed by atoms with Gasteiger partial charge in [0.15, 0.2) is 0 Å². The van der Waals surface area contributed by atoms with Gasteiger partial charge in [0.1, 0.15) is 12.2 Å². The summed E-state index contributed by atoms with van der Waals surface area (Å²) < 4.78 is 13.9. The predicted octanol–water partition coefficient (Wildman–Crippen LogP) is -0.123. The molecule has 0 aliphatic carbocycles. The first kappa shape index (κ1) is 18.7. The van der Waals surface area contributed by atoms with Gasteiger partial charge < -0.3 is 10.6 Å². The quantitative estimate of drug-likeness (QED) is 0.621. The van der Waals surface area contributed by atoms with E-state index in [2.05, 4.69) is 16.0 Å². The van der Waals surface area contributed by atoms with Gasteiger partial charge in [0.2, 0.25) is 11.8 Å². The van der Waals surface area contributed by atoms with Gasteiger partial charge in [0, 0.05) is 25.6 Å². The summed E-state index contributed by atoms with van der Waals surface area (Å²) in [5.41, 5.74) is 1.23. The molecule has 3 unspecified atom stereocenters. The highest BCUT2D eigenvalue weighted by molar-refractivity contribution is 6.23. The smallest absolute Gasteiger partial charge is 0.262 e. The topological polar surface area (TPSA) is 108 Å². The summed E-state index contributed by atoms with van der Waals surface area (Å²) in [6.07, 6.45) is -0.0979. The maximum Gasteiger partial charge on any atom is 0.262 e. The molecule has 0 saturated carbocycles. The first-order chi connectivity index (χ1) is 13.5. The maximum absolute atomic E-state index is 13.9. The Labute approximate surface area is 160 Å². The second-order valence-corrected chi connectivity index (χ2v) is 7.32. The van der Waals surface area contributed by atoms with E-state index in [-0.39, 0.29) is 30.0 Å². The second-order valence-electron chi connectivity index (χ2n) is 7.32. The molecule has 1 aromatic carbocycles. The zero-order valence-corrected chi connectivity index (χ0v) is 15.2. The van der Waals surface area contributed by atoms with E-state index in [1.807, 2.05) is 0 Å². The lowest BCUT2D eigenvalue weighted by atomic mass is 10.0. The monoisotopic (exact) mass is 388 g/mol. The van der Waals surface area contributed by atoms with Crippen molar-refractivity contribution in [3.8, 4) is 0 Å². The molecule has 3 heterocycles. The normalized spacial score (nSPS) is 27.8. The van der Waals surface area contributed by atoms with Crippen LogP contribution in [0.5, 0.6) is 0 Å². The van der Waals surface area contributed by atoms with Crippen molar-refractivity contribution < 1.29 is 23.6 Å². The van der Waals surface area contributed by atoms with E-state index in [9.17, 15) is 23.6 Å². The van der Waals surface area contributed by atoms with E-state index < -0.39 is 35.8 Å². The van der Waals surface area contributed by atoms with Gasteiger partial charge >= 0.3 is 0 Å². The van der Waals surface area contributed by atoms with Gasteiger partial charge in [-0.15, -0.1) is 0 Å². The molecule has 3 N–H and O–H groups in total. The number of rotatable bonds is 4. The van der Waals surface area contributed by atoms with Crippen LogP contribution in [0, 0.1) is 0 Å². The Kier molecular flexibility index (Phi) is 4.94. The molecule has 28 heavy (non-hydrogen) atoms. The first-order valence-corrected chi connectivity index (χ1v) is 9.38. The molecule has 4 rings (SSSR count). The summed E-state index contributed by atoms with van der Waals surface area (Å²) in [5, 5.41) is 8.33. The van der Waals surface area contributed by atoms with Crippen LogP contribution in [0.25, 0.3) is 0 Å². The van der Waals surface area contributed by atoms with Crippen molar-refractivity contribution in [3.05, 3.63) is 34.9 Å². The standard InChI is InChI=1S/C19H21FN4O4/c20-13-9-21-6-5-14(13)22-8-10-1-2-11-12(7-10)19(28)24(18(11)27)15-3-4-16(25)23-17(15)26/h1-2,7,13-15,21-22H,3-6,8-9H2,(H,23,25,26). The fourth-order valence-electron chi connectivity index (χ4n) is 3.93. The molecular weight excluding hydrogens is 367 g/mol. The Bertz CT molecular complexity index is 858. The fourth-order valence-corrected chi connectivity index (χ4v) is 3.93. The molecule has 3 aliphatic rings. The maximum atomic E-state index is 13.9. The molecule has 2 saturated heterocycles.